The third-order valence-corrected chi connectivity index (χ3v) is 3.64. The molecular formula is C13H21NO2S. The lowest BCUT2D eigenvalue weighted by atomic mass is 10.2. The Morgan fingerprint density at radius 1 is 1.47 bits per heavy atom. The summed E-state index contributed by atoms with van der Waals surface area (Å²) in [7, 11) is 1.63. The number of phenols is 1. The average Bonchev–Trinajstić information content (AvgIpc) is 2.35. The zero-order chi connectivity index (χ0) is 12.7. The van der Waals surface area contributed by atoms with Gasteiger partial charge in [0.25, 0.3) is 0 Å². The summed E-state index contributed by atoms with van der Waals surface area (Å²) in [5.41, 5.74) is 0.873. The van der Waals surface area contributed by atoms with Crippen molar-refractivity contribution in [3.05, 3.63) is 23.8 Å². The van der Waals surface area contributed by atoms with Crippen LogP contribution < -0.4 is 10.1 Å². The fourth-order valence-corrected chi connectivity index (χ4v) is 2.18. The third-order valence-electron chi connectivity index (χ3n) is 2.50. The average molecular weight is 255 g/mol. The van der Waals surface area contributed by atoms with Gasteiger partial charge in [0.05, 0.1) is 7.11 Å². The molecule has 1 atom stereocenters. The number of methoxy groups -OCH3 is 1. The van der Waals surface area contributed by atoms with Gasteiger partial charge in [-0.1, -0.05) is 6.92 Å². The lowest BCUT2D eigenvalue weighted by Gasteiger charge is -2.14. The number of thioether (sulfide) groups is 1. The van der Waals surface area contributed by atoms with Crippen LogP contribution in [0.3, 0.4) is 0 Å². The van der Waals surface area contributed by atoms with Gasteiger partial charge in [0.1, 0.15) is 11.5 Å². The molecule has 0 amide bonds. The molecule has 1 unspecified atom stereocenters. The Bertz CT molecular complexity index is 344. The minimum Gasteiger partial charge on any atom is -0.508 e. The second-order valence-corrected chi connectivity index (χ2v) is 5.25. The van der Waals surface area contributed by atoms with Crippen LogP contribution in [-0.2, 0) is 6.54 Å². The summed E-state index contributed by atoms with van der Waals surface area (Å²) < 4.78 is 5.14. The van der Waals surface area contributed by atoms with Crippen LogP contribution in [0.15, 0.2) is 18.2 Å². The van der Waals surface area contributed by atoms with E-state index in [1.54, 1.807) is 19.2 Å². The van der Waals surface area contributed by atoms with E-state index in [-0.39, 0.29) is 0 Å². The summed E-state index contributed by atoms with van der Waals surface area (Å²) in [6.07, 6.45) is 0. The summed E-state index contributed by atoms with van der Waals surface area (Å²) in [4.78, 5) is 0. The van der Waals surface area contributed by atoms with Gasteiger partial charge in [-0.3, -0.25) is 0 Å². The van der Waals surface area contributed by atoms with Crippen LogP contribution in [0, 0.1) is 0 Å². The van der Waals surface area contributed by atoms with Gasteiger partial charge in [-0.2, -0.15) is 11.8 Å². The number of benzene rings is 1. The normalized spacial score (nSPS) is 12.4. The van der Waals surface area contributed by atoms with Crippen LogP contribution in [0.5, 0.6) is 11.5 Å². The van der Waals surface area contributed by atoms with Crippen molar-refractivity contribution >= 4 is 11.8 Å². The van der Waals surface area contributed by atoms with E-state index < -0.39 is 0 Å². The summed E-state index contributed by atoms with van der Waals surface area (Å²) in [5.74, 6) is 3.31. The molecule has 0 saturated carbocycles. The minimum absolute atomic E-state index is 0.314. The first-order valence-corrected chi connectivity index (χ1v) is 6.99. The van der Waals surface area contributed by atoms with Gasteiger partial charge in [0, 0.05) is 23.9 Å². The Morgan fingerprint density at radius 2 is 2.24 bits per heavy atom. The SMILES string of the molecule is CCSCC(C)NCc1cc(OC)ccc1O. The van der Waals surface area contributed by atoms with E-state index in [0.29, 0.717) is 18.3 Å². The molecule has 1 aromatic rings. The quantitative estimate of drug-likeness (QED) is 0.786. The van der Waals surface area contributed by atoms with Gasteiger partial charge in [-0.15, -0.1) is 0 Å². The highest BCUT2D eigenvalue weighted by atomic mass is 32.2. The second-order valence-electron chi connectivity index (χ2n) is 3.94. The number of nitrogens with one attached hydrogen (secondary N) is 1. The largest absolute Gasteiger partial charge is 0.508 e. The molecule has 4 heteroatoms. The molecule has 0 radical (unpaired) electrons. The molecule has 96 valence electrons. The van der Waals surface area contributed by atoms with Crippen molar-refractivity contribution in [1.29, 1.82) is 0 Å². The first-order valence-electron chi connectivity index (χ1n) is 5.84. The fraction of sp³-hybridized carbons (Fsp3) is 0.538. The second kappa shape index (κ2) is 7.45. The molecule has 1 aromatic carbocycles. The Kier molecular flexibility index (Phi) is 6.22. The maximum Gasteiger partial charge on any atom is 0.120 e. The summed E-state index contributed by atoms with van der Waals surface area (Å²) in [6, 6.07) is 5.73. The number of phenolic OH excluding ortho intramolecular Hbond substituents is 1. The summed E-state index contributed by atoms with van der Waals surface area (Å²) >= 11 is 1.91. The van der Waals surface area contributed by atoms with Crippen molar-refractivity contribution in [1.82, 2.24) is 5.32 Å². The van der Waals surface area contributed by atoms with E-state index in [2.05, 4.69) is 19.2 Å². The van der Waals surface area contributed by atoms with Crippen molar-refractivity contribution < 1.29 is 9.84 Å². The Labute approximate surface area is 108 Å². The van der Waals surface area contributed by atoms with Gasteiger partial charge in [-0.25, -0.2) is 0 Å². The third kappa shape index (κ3) is 4.88. The smallest absolute Gasteiger partial charge is 0.120 e. The van der Waals surface area contributed by atoms with Crippen LogP contribution in [0.4, 0.5) is 0 Å². The molecule has 2 N–H and O–H groups in total. The first-order chi connectivity index (χ1) is 8.17. The maximum atomic E-state index is 9.72. The highest BCUT2D eigenvalue weighted by molar-refractivity contribution is 7.99. The molecule has 0 heterocycles. The zero-order valence-electron chi connectivity index (χ0n) is 10.7. The number of hydrogen-bond acceptors (Lipinski definition) is 4. The number of ether oxygens (including phenoxy) is 1. The van der Waals surface area contributed by atoms with Crippen molar-refractivity contribution in [3.63, 3.8) is 0 Å². The molecule has 0 aliphatic carbocycles. The number of hydrogen-bond donors (Lipinski definition) is 2. The van der Waals surface area contributed by atoms with Crippen LogP contribution >= 0.6 is 11.8 Å². The van der Waals surface area contributed by atoms with Crippen LogP contribution in [0.25, 0.3) is 0 Å². The molecule has 0 spiro atoms. The summed E-state index contributed by atoms with van der Waals surface area (Å²) in [5, 5.41) is 13.1. The van der Waals surface area contributed by atoms with Crippen LogP contribution in [0.2, 0.25) is 0 Å². The maximum absolute atomic E-state index is 9.72. The van der Waals surface area contributed by atoms with Gasteiger partial charge >= 0.3 is 0 Å². The molecule has 0 saturated heterocycles. The Morgan fingerprint density at radius 3 is 2.88 bits per heavy atom. The van der Waals surface area contributed by atoms with E-state index in [1.165, 1.54) is 0 Å². The lowest BCUT2D eigenvalue weighted by molar-refractivity contribution is 0.409. The highest BCUT2D eigenvalue weighted by Gasteiger charge is 2.05. The molecule has 3 nitrogen and oxygen atoms in total. The standard InChI is InChI=1S/C13H21NO2S/c1-4-17-9-10(2)14-8-11-7-12(16-3)5-6-13(11)15/h5-7,10,14-15H,4,8-9H2,1-3H3. The Hall–Kier alpha value is -0.870. The Balaban J connectivity index is 2.50. The molecule has 17 heavy (non-hydrogen) atoms. The van der Waals surface area contributed by atoms with Crippen LogP contribution in [0.1, 0.15) is 19.4 Å². The molecular weight excluding hydrogens is 234 g/mol. The van der Waals surface area contributed by atoms with Gasteiger partial charge in [0.15, 0.2) is 0 Å². The number of rotatable bonds is 7. The van der Waals surface area contributed by atoms with Crippen molar-refractivity contribution in [3.8, 4) is 11.5 Å². The fourth-order valence-electron chi connectivity index (χ4n) is 1.47. The first kappa shape index (κ1) is 14.2. The van der Waals surface area contributed by atoms with E-state index in [4.69, 9.17) is 4.74 Å². The van der Waals surface area contributed by atoms with Gasteiger partial charge in [-0.05, 0) is 30.9 Å². The monoisotopic (exact) mass is 255 g/mol. The topological polar surface area (TPSA) is 41.5 Å². The van der Waals surface area contributed by atoms with Crippen molar-refractivity contribution in [2.24, 2.45) is 0 Å². The van der Waals surface area contributed by atoms with E-state index in [1.807, 2.05) is 17.8 Å². The van der Waals surface area contributed by atoms with Gasteiger partial charge in [0.2, 0.25) is 0 Å². The van der Waals surface area contributed by atoms with Gasteiger partial charge < -0.3 is 15.2 Å². The number of aromatic hydroxyl groups is 1. The molecule has 0 bridgehead atoms. The van der Waals surface area contributed by atoms with E-state index in [0.717, 1.165) is 22.8 Å². The van der Waals surface area contributed by atoms with E-state index in [9.17, 15) is 5.11 Å². The predicted molar refractivity (Wildman–Crippen MR) is 74.0 cm³/mol. The van der Waals surface area contributed by atoms with E-state index >= 15 is 0 Å². The molecule has 0 aromatic heterocycles. The molecule has 0 fully saturated rings. The highest BCUT2D eigenvalue weighted by Crippen LogP contribution is 2.22. The molecule has 0 aliphatic heterocycles. The zero-order valence-corrected chi connectivity index (χ0v) is 11.5. The lowest BCUT2D eigenvalue weighted by Crippen LogP contribution is -2.27. The molecule has 0 aliphatic rings. The minimum atomic E-state index is 0.314. The summed E-state index contributed by atoms with van der Waals surface area (Å²) in [6.45, 7) is 4.97. The van der Waals surface area contributed by atoms with Crippen molar-refractivity contribution in [2.45, 2.75) is 26.4 Å². The van der Waals surface area contributed by atoms with Crippen molar-refractivity contribution in [2.75, 3.05) is 18.6 Å². The molecule has 1 rings (SSSR count). The predicted octanol–water partition coefficient (Wildman–Crippen LogP) is 2.63. The van der Waals surface area contributed by atoms with Crippen LogP contribution in [-0.4, -0.2) is 29.8 Å².